The number of methoxy groups -OCH3 is 2. The second kappa shape index (κ2) is 14.9. The van der Waals surface area contributed by atoms with Crippen LogP contribution >= 0.6 is 0 Å². The average molecular weight is 457 g/mol. The van der Waals surface area contributed by atoms with Gasteiger partial charge in [0.25, 0.3) is 0 Å². The summed E-state index contributed by atoms with van der Waals surface area (Å²) in [4.78, 5) is 23.9. The minimum atomic E-state index is -0.736. The highest BCUT2D eigenvalue weighted by atomic mass is 16.5. The lowest BCUT2D eigenvalue weighted by atomic mass is 10.0. The molecule has 1 aliphatic rings. The van der Waals surface area contributed by atoms with E-state index in [1.807, 2.05) is 24.1 Å². The van der Waals surface area contributed by atoms with Crippen LogP contribution in [0.5, 0.6) is 5.75 Å². The normalized spacial score (nSPS) is 15.2. The van der Waals surface area contributed by atoms with E-state index in [4.69, 9.17) is 14.2 Å². The second-order valence-corrected chi connectivity index (χ2v) is 7.92. The highest BCUT2D eigenvalue weighted by Crippen LogP contribution is 2.25. The van der Waals surface area contributed by atoms with Crippen molar-refractivity contribution in [1.82, 2.24) is 5.32 Å². The second-order valence-electron chi connectivity index (χ2n) is 7.92. The highest BCUT2D eigenvalue weighted by Gasteiger charge is 2.25. The molecule has 7 nitrogen and oxygen atoms in total. The summed E-state index contributed by atoms with van der Waals surface area (Å²) < 4.78 is 16.5. The number of hydrogen-bond acceptors (Lipinski definition) is 5. The molecule has 0 spiro atoms. The maximum atomic E-state index is 12.7. The van der Waals surface area contributed by atoms with Crippen LogP contribution in [0.4, 0.5) is 10.5 Å². The van der Waals surface area contributed by atoms with Crippen LogP contribution in [0.25, 0.3) is 0 Å². The molecule has 1 unspecified atom stereocenters. The maximum absolute atomic E-state index is 12.7. The fourth-order valence-electron chi connectivity index (χ4n) is 3.62. The van der Waals surface area contributed by atoms with Gasteiger partial charge < -0.3 is 24.8 Å². The van der Waals surface area contributed by atoms with Gasteiger partial charge in [-0.05, 0) is 24.6 Å². The Morgan fingerprint density at radius 1 is 0.970 bits per heavy atom. The van der Waals surface area contributed by atoms with Crippen molar-refractivity contribution in [3.8, 4) is 5.75 Å². The topological polar surface area (TPSA) is 85.9 Å². The molecule has 1 aromatic rings. The molecular formula is C26H36N2O5. The number of amides is 2. The third-order valence-corrected chi connectivity index (χ3v) is 5.40. The van der Waals surface area contributed by atoms with Crippen LogP contribution in [0.2, 0.25) is 0 Å². The van der Waals surface area contributed by atoms with Crippen molar-refractivity contribution in [1.29, 1.82) is 0 Å². The smallest absolute Gasteiger partial charge is 0.323 e. The molecule has 1 aromatic carbocycles. The van der Waals surface area contributed by atoms with Crippen LogP contribution in [0.15, 0.2) is 53.4 Å². The van der Waals surface area contributed by atoms with E-state index < -0.39 is 12.1 Å². The van der Waals surface area contributed by atoms with Gasteiger partial charge in [-0.1, -0.05) is 64.0 Å². The molecule has 2 rings (SSSR count). The molecule has 0 aliphatic heterocycles. The molecule has 0 aromatic heterocycles. The van der Waals surface area contributed by atoms with E-state index in [1.54, 1.807) is 12.1 Å². The third kappa shape index (κ3) is 8.79. The molecule has 33 heavy (non-hydrogen) atoms. The summed E-state index contributed by atoms with van der Waals surface area (Å²) in [7, 11) is 2.94. The van der Waals surface area contributed by atoms with Crippen LogP contribution in [0.3, 0.4) is 0 Å². The molecular weight excluding hydrogens is 420 g/mol. The Labute approximate surface area is 196 Å². The molecule has 2 amide bonds. The van der Waals surface area contributed by atoms with Gasteiger partial charge in [0.05, 0.1) is 30.7 Å². The minimum Gasteiger partial charge on any atom is -0.497 e. The molecule has 7 heteroatoms. The number of ether oxygens (including phenoxy) is 3. The van der Waals surface area contributed by atoms with E-state index in [0.29, 0.717) is 29.5 Å². The van der Waals surface area contributed by atoms with Crippen LogP contribution < -0.4 is 15.4 Å². The lowest BCUT2D eigenvalue weighted by Crippen LogP contribution is -2.36. The number of hydrogen-bond donors (Lipinski definition) is 2. The summed E-state index contributed by atoms with van der Waals surface area (Å²) in [6.07, 6.45) is 12.2. The van der Waals surface area contributed by atoms with Crippen molar-refractivity contribution in [2.24, 2.45) is 0 Å². The van der Waals surface area contributed by atoms with E-state index in [2.05, 4.69) is 17.6 Å². The van der Waals surface area contributed by atoms with Gasteiger partial charge in [-0.25, -0.2) is 9.59 Å². The summed E-state index contributed by atoms with van der Waals surface area (Å²) in [5, 5.41) is 5.55. The summed E-state index contributed by atoms with van der Waals surface area (Å²) in [5.74, 6) is 2.87. The minimum absolute atomic E-state index is 0.237. The zero-order valence-corrected chi connectivity index (χ0v) is 19.9. The summed E-state index contributed by atoms with van der Waals surface area (Å²) >= 11 is 0. The molecule has 0 heterocycles. The largest absolute Gasteiger partial charge is 0.497 e. The Morgan fingerprint density at radius 2 is 1.67 bits per heavy atom. The SMILES string of the molecule is CCCCCCCCCCOc1ccccc1NC(=O)NC1=CC(OC)=CC(=C=O)C1OC. The third-order valence-electron chi connectivity index (χ3n) is 5.40. The van der Waals surface area contributed by atoms with Crippen molar-refractivity contribution < 1.29 is 23.8 Å². The number of carbonyl (C=O) groups excluding carboxylic acids is 2. The first kappa shape index (κ1) is 26.2. The van der Waals surface area contributed by atoms with Gasteiger partial charge in [0.15, 0.2) is 0 Å². The number of rotatable bonds is 14. The number of benzene rings is 1. The molecule has 0 saturated heterocycles. The summed E-state index contributed by atoms with van der Waals surface area (Å²) in [6, 6.07) is 6.83. The molecule has 0 radical (unpaired) electrons. The number of nitrogens with one attached hydrogen (secondary N) is 2. The number of unbranched alkanes of at least 4 members (excludes halogenated alkanes) is 7. The number of anilines is 1. The fraction of sp³-hybridized carbons (Fsp3) is 0.500. The fourth-order valence-corrected chi connectivity index (χ4v) is 3.62. The molecule has 180 valence electrons. The van der Waals surface area contributed by atoms with E-state index in [-0.39, 0.29) is 5.57 Å². The summed E-state index contributed by atoms with van der Waals surface area (Å²) in [6.45, 7) is 2.83. The lowest BCUT2D eigenvalue weighted by molar-refractivity contribution is 0.154. The van der Waals surface area contributed by atoms with E-state index in [1.165, 1.54) is 58.8 Å². The summed E-state index contributed by atoms with van der Waals surface area (Å²) in [5.41, 5.74) is 1.18. The van der Waals surface area contributed by atoms with Gasteiger partial charge in [-0.15, -0.1) is 0 Å². The van der Waals surface area contributed by atoms with Gasteiger partial charge in [-0.3, -0.25) is 0 Å². The number of allylic oxidation sites excluding steroid dienone is 1. The number of carbonyl (C=O) groups is 1. The molecule has 2 N–H and O–H groups in total. The monoisotopic (exact) mass is 456 g/mol. The first-order chi connectivity index (χ1) is 16.1. The quantitative estimate of drug-likeness (QED) is 0.284. The van der Waals surface area contributed by atoms with Crippen molar-refractivity contribution in [2.75, 3.05) is 26.1 Å². The standard InChI is InChI=1S/C26H36N2O5/c1-4-5-6-7-8-9-10-13-16-33-24-15-12-11-14-22(24)27-26(30)28-23-18-21(31-2)17-20(19-29)25(23)32-3/h11-12,14-15,17-18,25H,4-10,13,16H2,1-3H3,(H2,27,28,30). The molecule has 0 saturated carbocycles. The van der Waals surface area contributed by atoms with Crippen molar-refractivity contribution in [3.05, 3.63) is 53.4 Å². The van der Waals surface area contributed by atoms with Crippen molar-refractivity contribution in [3.63, 3.8) is 0 Å². The number of urea groups is 1. The van der Waals surface area contributed by atoms with Gasteiger partial charge in [-0.2, -0.15) is 0 Å². The Kier molecular flexibility index (Phi) is 11.9. The van der Waals surface area contributed by atoms with Gasteiger partial charge in [0.1, 0.15) is 23.6 Å². The van der Waals surface area contributed by atoms with Gasteiger partial charge >= 0.3 is 6.03 Å². The van der Waals surface area contributed by atoms with Gasteiger partial charge in [0, 0.05) is 13.2 Å². The van der Waals surface area contributed by atoms with Crippen LogP contribution in [0, 0.1) is 0 Å². The van der Waals surface area contributed by atoms with Gasteiger partial charge in [0.2, 0.25) is 0 Å². The maximum Gasteiger partial charge on any atom is 0.323 e. The van der Waals surface area contributed by atoms with E-state index in [0.717, 1.165) is 12.8 Å². The van der Waals surface area contributed by atoms with Crippen LogP contribution in [-0.2, 0) is 14.3 Å². The lowest BCUT2D eigenvalue weighted by Gasteiger charge is -2.23. The highest BCUT2D eigenvalue weighted by molar-refractivity contribution is 5.92. The van der Waals surface area contributed by atoms with E-state index in [9.17, 15) is 9.59 Å². The van der Waals surface area contributed by atoms with Crippen molar-refractivity contribution in [2.45, 2.75) is 64.4 Å². The Balaban J connectivity index is 1.87. The van der Waals surface area contributed by atoms with Crippen LogP contribution in [-0.4, -0.2) is 38.9 Å². The first-order valence-electron chi connectivity index (χ1n) is 11.7. The van der Waals surface area contributed by atoms with Crippen LogP contribution in [0.1, 0.15) is 58.3 Å². The number of para-hydroxylation sites is 2. The average Bonchev–Trinajstić information content (AvgIpc) is 2.83. The molecule has 1 aliphatic carbocycles. The van der Waals surface area contributed by atoms with Crippen molar-refractivity contribution >= 4 is 17.7 Å². The predicted octanol–water partition coefficient (Wildman–Crippen LogP) is 5.53. The van der Waals surface area contributed by atoms with E-state index >= 15 is 0 Å². The molecule has 0 bridgehead atoms. The zero-order valence-electron chi connectivity index (χ0n) is 19.9. The Hall–Kier alpha value is -3.02. The predicted molar refractivity (Wildman–Crippen MR) is 130 cm³/mol. The first-order valence-corrected chi connectivity index (χ1v) is 11.7. The molecule has 1 atom stereocenters. The molecule has 0 fully saturated rings. The Bertz CT molecular complexity index is 871. The Morgan fingerprint density at radius 3 is 2.33 bits per heavy atom. The zero-order chi connectivity index (χ0) is 23.9.